The lowest BCUT2D eigenvalue weighted by Gasteiger charge is -2.13. The Balaban J connectivity index is 3.73. The second kappa shape index (κ2) is 3.96. The van der Waals surface area contributed by atoms with Crippen LogP contribution in [0.3, 0.4) is 0 Å². The van der Waals surface area contributed by atoms with Crippen molar-refractivity contribution in [2.24, 2.45) is 0 Å². The zero-order valence-corrected chi connectivity index (χ0v) is 6.91. The van der Waals surface area contributed by atoms with Crippen molar-refractivity contribution in [3.63, 3.8) is 0 Å². The van der Waals surface area contributed by atoms with Gasteiger partial charge < -0.3 is 4.90 Å². The Bertz CT molecular complexity index is 105. The second-order valence-electron chi connectivity index (χ2n) is 1.65. The molecule has 0 saturated heterocycles. The lowest BCUT2D eigenvalue weighted by Crippen LogP contribution is -2.30. The smallest absolute Gasteiger partial charge is 0.255 e. The molecule has 9 heavy (non-hydrogen) atoms. The molecular formula is C5H9Cl2NO. The highest BCUT2D eigenvalue weighted by Gasteiger charge is 2.14. The molecule has 0 N–H and O–H groups in total. The van der Waals surface area contributed by atoms with Crippen LogP contribution in [-0.2, 0) is 4.79 Å². The monoisotopic (exact) mass is 169 g/mol. The van der Waals surface area contributed by atoms with Crippen LogP contribution in [0.4, 0.5) is 0 Å². The Morgan fingerprint density at radius 1 is 1.67 bits per heavy atom. The predicted octanol–water partition coefficient (Wildman–Crippen LogP) is 1.27. The summed E-state index contributed by atoms with van der Waals surface area (Å²) in [5.74, 6) is -0.249. The van der Waals surface area contributed by atoms with Gasteiger partial charge in [0.05, 0.1) is 0 Å². The highest BCUT2D eigenvalue weighted by molar-refractivity contribution is 6.53. The SMILES string of the molecule is CCN(C)C(=O)C(Cl)Cl. The Kier molecular flexibility index (Phi) is 3.98. The van der Waals surface area contributed by atoms with Gasteiger partial charge in [-0.2, -0.15) is 0 Å². The largest absolute Gasteiger partial charge is 0.344 e. The Morgan fingerprint density at radius 3 is 2.22 bits per heavy atom. The first-order valence-corrected chi connectivity index (χ1v) is 3.50. The van der Waals surface area contributed by atoms with Crippen LogP contribution in [0.1, 0.15) is 6.92 Å². The number of alkyl halides is 2. The molecule has 0 aliphatic carbocycles. The number of rotatable bonds is 2. The van der Waals surface area contributed by atoms with E-state index in [-0.39, 0.29) is 5.91 Å². The summed E-state index contributed by atoms with van der Waals surface area (Å²) >= 11 is 10.6. The fraction of sp³-hybridized carbons (Fsp3) is 0.800. The van der Waals surface area contributed by atoms with Gasteiger partial charge in [0.25, 0.3) is 5.91 Å². The summed E-state index contributed by atoms with van der Waals surface area (Å²) in [7, 11) is 1.65. The molecule has 0 aromatic heterocycles. The van der Waals surface area contributed by atoms with Crippen molar-refractivity contribution in [2.45, 2.75) is 11.8 Å². The van der Waals surface area contributed by atoms with Gasteiger partial charge in [-0.3, -0.25) is 4.79 Å². The number of carbonyl (C=O) groups excluding carboxylic acids is 1. The van der Waals surface area contributed by atoms with E-state index >= 15 is 0 Å². The van der Waals surface area contributed by atoms with Crippen molar-refractivity contribution in [2.75, 3.05) is 13.6 Å². The van der Waals surface area contributed by atoms with Gasteiger partial charge in [-0.25, -0.2) is 0 Å². The van der Waals surface area contributed by atoms with Crippen LogP contribution in [0.5, 0.6) is 0 Å². The third-order valence-corrected chi connectivity index (χ3v) is 1.41. The van der Waals surface area contributed by atoms with Crippen LogP contribution < -0.4 is 0 Å². The second-order valence-corrected chi connectivity index (χ2v) is 2.75. The van der Waals surface area contributed by atoms with Crippen LogP contribution >= 0.6 is 23.2 Å². The van der Waals surface area contributed by atoms with Crippen molar-refractivity contribution < 1.29 is 4.79 Å². The third kappa shape index (κ3) is 2.92. The highest BCUT2D eigenvalue weighted by atomic mass is 35.5. The molecule has 0 atom stereocenters. The van der Waals surface area contributed by atoms with Crippen molar-refractivity contribution in [3.8, 4) is 0 Å². The van der Waals surface area contributed by atoms with E-state index in [0.29, 0.717) is 6.54 Å². The molecule has 0 aromatic carbocycles. The zero-order chi connectivity index (χ0) is 7.44. The summed E-state index contributed by atoms with van der Waals surface area (Å²) in [6, 6.07) is 0. The Labute approximate surface area is 64.7 Å². The van der Waals surface area contributed by atoms with Crippen LogP contribution in [-0.4, -0.2) is 29.2 Å². The van der Waals surface area contributed by atoms with Crippen molar-refractivity contribution in [1.82, 2.24) is 4.90 Å². The van der Waals surface area contributed by atoms with Gasteiger partial charge in [0, 0.05) is 13.6 Å². The molecule has 0 radical (unpaired) electrons. The Hall–Kier alpha value is 0.0500. The molecule has 4 heteroatoms. The minimum absolute atomic E-state index is 0.249. The van der Waals surface area contributed by atoms with Gasteiger partial charge in [-0.1, -0.05) is 23.2 Å². The standard InChI is InChI=1S/C5H9Cl2NO/c1-3-8(2)5(9)4(6)7/h4H,3H2,1-2H3. The zero-order valence-electron chi connectivity index (χ0n) is 5.40. The summed E-state index contributed by atoms with van der Waals surface area (Å²) in [6.07, 6.45) is 0. The third-order valence-electron chi connectivity index (χ3n) is 1.04. The molecule has 0 unspecified atom stereocenters. The molecule has 54 valence electrons. The van der Waals surface area contributed by atoms with E-state index in [1.807, 2.05) is 6.92 Å². The molecule has 0 saturated carbocycles. The number of halogens is 2. The average Bonchev–Trinajstić information content (AvgIpc) is 1.84. The number of amides is 1. The van der Waals surface area contributed by atoms with E-state index in [1.54, 1.807) is 7.05 Å². The molecule has 1 amide bonds. The minimum atomic E-state index is -0.921. The van der Waals surface area contributed by atoms with E-state index in [9.17, 15) is 4.79 Å². The van der Waals surface area contributed by atoms with Gasteiger partial charge in [0.2, 0.25) is 0 Å². The van der Waals surface area contributed by atoms with Crippen LogP contribution in [0.25, 0.3) is 0 Å². The summed E-state index contributed by atoms with van der Waals surface area (Å²) in [4.78, 5) is 11.3. The molecule has 0 aliphatic heterocycles. The Morgan fingerprint density at radius 2 is 2.11 bits per heavy atom. The maximum Gasteiger partial charge on any atom is 0.255 e. The number of hydrogen-bond donors (Lipinski definition) is 0. The molecule has 2 nitrogen and oxygen atoms in total. The molecule has 0 aliphatic rings. The quantitative estimate of drug-likeness (QED) is 0.571. The number of nitrogens with zero attached hydrogens (tertiary/aromatic N) is 1. The average molecular weight is 170 g/mol. The number of carbonyl (C=O) groups is 1. The van der Waals surface area contributed by atoms with E-state index in [1.165, 1.54) is 4.90 Å². The predicted molar refractivity (Wildman–Crippen MR) is 38.8 cm³/mol. The summed E-state index contributed by atoms with van der Waals surface area (Å²) < 4.78 is 0. The fourth-order valence-electron chi connectivity index (χ4n) is 0.322. The normalized spacial score (nSPS) is 9.89. The summed E-state index contributed by atoms with van der Waals surface area (Å²) in [6.45, 7) is 2.49. The van der Waals surface area contributed by atoms with Crippen molar-refractivity contribution >= 4 is 29.1 Å². The topological polar surface area (TPSA) is 20.3 Å². The first kappa shape index (κ1) is 9.05. The molecule has 0 rings (SSSR count). The maximum absolute atomic E-state index is 10.7. The minimum Gasteiger partial charge on any atom is -0.344 e. The first-order valence-electron chi connectivity index (χ1n) is 2.62. The van der Waals surface area contributed by atoms with E-state index < -0.39 is 4.84 Å². The number of hydrogen-bond acceptors (Lipinski definition) is 1. The fourth-order valence-corrected chi connectivity index (χ4v) is 0.656. The molecule has 0 aromatic rings. The van der Waals surface area contributed by atoms with Crippen molar-refractivity contribution in [1.29, 1.82) is 0 Å². The summed E-state index contributed by atoms with van der Waals surface area (Å²) in [5.41, 5.74) is 0. The molecule has 0 heterocycles. The van der Waals surface area contributed by atoms with E-state index in [0.717, 1.165) is 0 Å². The summed E-state index contributed by atoms with van der Waals surface area (Å²) in [5, 5.41) is 0. The molecule has 0 fully saturated rings. The van der Waals surface area contributed by atoms with Crippen LogP contribution in [0, 0.1) is 0 Å². The lowest BCUT2D eigenvalue weighted by molar-refractivity contribution is -0.127. The van der Waals surface area contributed by atoms with E-state index in [2.05, 4.69) is 0 Å². The van der Waals surface area contributed by atoms with Crippen molar-refractivity contribution in [3.05, 3.63) is 0 Å². The molecule has 0 bridgehead atoms. The first-order chi connectivity index (χ1) is 4.09. The van der Waals surface area contributed by atoms with Gasteiger partial charge in [-0.15, -0.1) is 0 Å². The van der Waals surface area contributed by atoms with Crippen LogP contribution in [0.2, 0.25) is 0 Å². The van der Waals surface area contributed by atoms with Crippen LogP contribution in [0.15, 0.2) is 0 Å². The maximum atomic E-state index is 10.7. The lowest BCUT2D eigenvalue weighted by atomic mass is 10.5. The van der Waals surface area contributed by atoms with Gasteiger partial charge in [0.1, 0.15) is 0 Å². The van der Waals surface area contributed by atoms with E-state index in [4.69, 9.17) is 23.2 Å². The molecule has 0 spiro atoms. The van der Waals surface area contributed by atoms with Gasteiger partial charge >= 0.3 is 0 Å². The highest BCUT2D eigenvalue weighted by Crippen LogP contribution is 2.04. The van der Waals surface area contributed by atoms with Gasteiger partial charge in [0.15, 0.2) is 4.84 Å². The van der Waals surface area contributed by atoms with Gasteiger partial charge in [-0.05, 0) is 6.92 Å². The molecular weight excluding hydrogens is 161 g/mol.